The van der Waals surface area contributed by atoms with Crippen LogP contribution in [0.2, 0.25) is 0 Å². The van der Waals surface area contributed by atoms with Crippen molar-refractivity contribution in [2.75, 3.05) is 32.8 Å². The van der Waals surface area contributed by atoms with Gasteiger partial charge in [0.1, 0.15) is 12.4 Å². The molecule has 1 aromatic carbocycles. The van der Waals surface area contributed by atoms with Gasteiger partial charge >= 0.3 is 6.03 Å². The van der Waals surface area contributed by atoms with E-state index in [2.05, 4.69) is 15.6 Å². The van der Waals surface area contributed by atoms with Crippen molar-refractivity contribution in [2.45, 2.75) is 25.8 Å². The maximum absolute atomic E-state index is 13.1. The maximum Gasteiger partial charge on any atom is 0.314 e. The van der Waals surface area contributed by atoms with E-state index in [4.69, 9.17) is 10.5 Å². The normalized spacial score (nSPS) is 15.7. The molecule has 0 unspecified atom stereocenters. The van der Waals surface area contributed by atoms with Crippen LogP contribution in [0.5, 0.6) is 5.75 Å². The lowest BCUT2D eigenvalue weighted by Crippen LogP contribution is -2.50. The summed E-state index contributed by atoms with van der Waals surface area (Å²) in [6, 6.07) is 3.22. The van der Waals surface area contributed by atoms with Crippen LogP contribution >= 0.6 is 0 Å². The Bertz CT molecular complexity index is 634. The van der Waals surface area contributed by atoms with E-state index in [9.17, 15) is 13.6 Å². The molecule has 0 bridgehead atoms. The molecule has 0 atom stereocenters. The summed E-state index contributed by atoms with van der Waals surface area (Å²) in [7, 11) is 0. The number of urea groups is 1. The van der Waals surface area contributed by atoms with Gasteiger partial charge < -0.3 is 26.0 Å². The first-order chi connectivity index (χ1) is 12.5. The van der Waals surface area contributed by atoms with Gasteiger partial charge in [0.2, 0.25) is 0 Å². The Balaban J connectivity index is 1.79. The highest BCUT2D eigenvalue weighted by Crippen LogP contribution is 2.15. The second kappa shape index (κ2) is 9.79. The topological polar surface area (TPSA) is 92.0 Å². The van der Waals surface area contributed by atoms with E-state index >= 15 is 0 Å². The number of benzene rings is 1. The third-order valence-electron chi connectivity index (χ3n) is 4.01. The van der Waals surface area contributed by atoms with Gasteiger partial charge in [-0.2, -0.15) is 0 Å². The van der Waals surface area contributed by atoms with Crippen LogP contribution in [0, 0.1) is 11.6 Å². The number of aliphatic imine (C=N–C) groups is 1. The molecule has 7 nitrogen and oxygen atoms in total. The Morgan fingerprint density at radius 1 is 1.35 bits per heavy atom. The zero-order valence-electron chi connectivity index (χ0n) is 14.8. The first-order valence-electron chi connectivity index (χ1n) is 8.66. The fourth-order valence-corrected chi connectivity index (χ4v) is 2.65. The molecule has 0 aromatic heterocycles. The second-order valence-corrected chi connectivity index (χ2v) is 5.93. The highest BCUT2D eigenvalue weighted by atomic mass is 19.2. The van der Waals surface area contributed by atoms with Crippen LogP contribution in [0.1, 0.15) is 19.8 Å². The van der Waals surface area contributed by atoms with Crippen molar-refractivity contribution in [3.63, 3.8) is 0 Å². The molecule has 4 N–H and O–H groups in total. The van der Waals surface area contributed by atoms with E-state index in [1.54, 1.807) is 4.90 Å². The lowest BCUT2D eigenvalue weighted by atomic mass is 10.1. The van der Waals surface area contributed by atoms with Gasteiger partial charge in [0.15, 0.2) is 17.6 Å². The van der Waals surface area contributed by atoms with Crippen LogP contribution in [0.4, 0.5) is 13.6 Å². The molecule has 144 valence electrons. The van der Waals surface area contributed by atoms with E-state index < -0.39 is 17.7 Å². The highest BCUT2D eigenvalue weighted by molar-refractivity contribution is 5.80. The average Bonchev–Trinajstić information content (AvgIpc) is 2.62. The molecule has 0 radical (unpaired) electrons. The third kappa shape index (κ3) is 6.05. The molecule has 9 heteroatoms. The smallest absolute Gasteiger partial charge is 0.314 e. The average molecular weight is 369 g/mol. The van der Waals surface area contributed by atoms with E-state index in [1.165, 1.54) is 6.07 Å². The minimum absolute atomic E-state index is 0.204. The van der Waals surface area contributed by atoms with Crippen LogP contribution in [0.15, 0.2) is 23.2 Å². The van der Waals surface area contributed by atoms with Gasteiger partial charge in [-0.25, -0.2) is 18.6 Å². The fraction of sp³-hybridized carbons (Fsp3) is 0.529. The SMILES string of the molecule is CCNC(=NCCOc1ccc(F)c(F)c1)NC1CCN(C(N)=O)CC1. The van der Waals surface area contributed by atoms with Gasteiger partial charge in [0.05, 0.1) is 6.54 Å². The number of hydrogen-bond acceptors (Lipinski definition) is 3. The molecule has 1 fully saturated rings. The predicted octanol–water partition coefficient (Wildman–Crippen LogP) is 1.44. The largest absolute Gasteiger partial charge is 0.492 e. The summed E-state index contributed by atoms with van der Waals surface area (Å²) < 4.78 is 31.4. The molecule has 0 spiro atoms. The zero-order chi connectivity index (χ0) is 18.9. The fourth-order valence-electron chi connectivity index (χ4n) is 2.65. The molecule has 1 aromatic rings. The van der Waals surface area contributed by atoms with Gasteiger partial charge in [-0.15, -0.1) is 0 Å². The predicted molar refractivity (Wildman–Crippen MR) is 95.1 cm³/mol. The minimum atomic E-state index is -0.941. The molecular weight excluding hydrogens is 344 g/mol. The van der Waals surface area contributed by atoms with Crippen molar-refractivity contribution in [1.82, 2.24) is 15.5 Å². The molecule has 1 aliphatic heterocycles. The van der Waals surface area contributed by atoms with Crippen molar-refractivity contribution >= 4 is 12.0 Å². The number of ether oxygens (including phenoxy) is 1. The Morgan fingerprint density at radius 3 is 2.69 bits per heavy atom. The molecule has 2 rings (SSSR count). The summed E-state index contributed by atoms with van der Waals surface area (Å²) >= 11 is 0. The van der Waals surface area contributed by atoms with E-state index in [0.29, 0.717) is 32.1 Å². The minimum Gasteiger partial charge on any atom is -0.492 e. The Kier molecular flexibility index (Phi) is 7.43. The van der Waals surface area contributed by atoms with E-state index in [0.717, 1.165) is 25.0 Å². The number of piperidine rings is 1. The monoisotopic (exact) mass is 369 g/mol. The standard InChI is InChI=1S/C17H25F2N5O2/c1-2-21-17(23-12-5-8-24(9-6-12)16(20)25)22-7-10-26-13-3-4-14(18)15(19)11-13/h3-4,11-12H,2,5-10H2,1H3,(H2,20,25)(H2,21,22,23). The van der Waals surface area contributed by atoms with Gasteiger partial charge in [0.25, 0.3) is 0 Å². The number of hydrogen-bond donors (Lipinski definition) is 3. The maximum atomic E-state index is 13.1. The number of likely N-dealkylation sites (tertiary alicyclic amines) is 1. The van der Waals surface area contributed by atoms with Crippen LogP contribution in [0.25, 0.3) is 0 Å². The van der Waals surface area contributed by atoms with Crippen molar-refractivity contribution < 1.29 is 18.3 Å². The summed E-state index contributed by atoms with van der Waals surface area (Å²) in [5.74, 6) is -0.936. The lowest BCUT2D eigenvalue weighted by molar-refractivity contribution is 0.188. The number of primary amides is 1. The van der Waals surface area contributed by atoms with E-state index in [1.807, 2.05) is 6.92 Å². The van der Waals surface area contributed by atoms with E-state index in [-0.39, 0.29) is 18.4 Å². The van der Waals surface area contributed by atoms with Crippen molar-refractivity contribution in [2.24, 2.45) is 10.7 Å². The number of carbonyl (C=O) groups excluding carboxylic acids is 1. The summed E-state index contributed by atoms with van der Waals surface area (Å²) in [6.45, 7) is 4.49. The number of rotatable bonds is 6. The Morgan fingerprint density at radius 2 is 2.08 bits per heavy atom. The number of carbonyl (C=O) groups is 1. The molecule has 0 aliphatic carbocycles. The van der Waals surface area contributed by atoms with Gasteiger partial charge in [-0.1, -0.05) is 0 Å². The Labute approximate surface area is 151 Å². The quantitative estimate of drug-likeness (QED) is 0.402. The number of amides is 2. The van der Waals surface area contributed by atoms with Gasteiger partial charge in [-0.3, -0.25) is 0 Å². The Hall–Kier alpha value is -2.58. The summed E-state index contributed by atoms with van der Waals surface area (Å²) in [4.78, 5) is 17.2. The summed E-state index contributed by atoms with van der Waals surface area (Å²) in [5, 5.41) is 6.47. The molecule has 1 aliphatic rings. The first kappa shape index (κ1) is 19.7. The van der Waals surface area contributed by atoms with Crippen molar-refractivity contribution in [1.29, 1.82) is 0 Å². The number of nitrogens with zero attached hydrogens (tertiary/aromatic N) is 2. The number of halogens is 2. The first-order valence-corrected chi connectivity index (χ1v) is 8.66. The molecule has 1 heterocycles. The van der Waals surface area contributed by atoms with Crippen LogP contribution in [0.3, 0.4) is 0 Å². The van der Waals surface area contributed by atoms with Crippen LogP contribution in [-0.4, -0.2) is 55.7 Å². The summed E-state index contributed by atoms with van der Waals surface area (Å²) in [6.07, 6.45) is 1.58. The molecule has 0 saturated carbocycles. The van der Waals surface area contributed by atoms with Gasteiger partial charge in [0, 0.05) is 31.7 Å². The van der Waals surface area contributed by atoms with Crippen molar-refractivity contribution in [3.8, 4) is 5.75 Å². The third-order valence-corrected chi connectivity index (χ3v) is 4.01. The number of nitrogens with one attached hydrogen (secondary N) is 2. The lowest BCUT2D eigenvalue weighted by Gasteiger charge is -2.32. The zero-order valence-corrected chi connectivity index (χ0v) is 14.8. The van der Waals surface area contributed by atoms with Gasteiger partial charge in [-0.05, 0) is 31.9 Å². The number of nitrogens with two attached hydrogens (primary N) is 1. The molecular formula is C17H25F2N5O2. The van der Waals surface area contributed by atoms with Crippen LogP contribution in [-0.2, 0) is 0 Å². The summed E-state index contributed by atoms with van der Waals surface area (Å²) in [5.41, 5.74) is 5.28. The molecule has 1 saturated heterocycles. The van der Waals surface area contributed by atoms with Crippen LogP contribution < -0.4 is 21.1 Å². The molecule has 26 heavy (non-hydrogen) atoms. The second-order valence-electron chi connectivity index (χ2n) is 5.93. The highest BCUT2D eigenvalue weighted by Gasteiger charge is 2.21. The number of guanidine groups is 1. The van der Waals surface area contributed by atoms with Crippen molar-refractivity contribution in [3.05, 3.63) is 29.8 Å². The molecule has 2 amide bonds.